The molecule has 1 aromatic rings. The summed E-state index contributed by atoms with van der Waals surface area (Å²) in [5.41, 5.74) is 5.28. The topological polar surface area (TPSA) is 142 Å². The molecule has 0 saturated carbocycles. The summed E-state index contributed by atoms with van der Waals surface area (Å²) in [5, 5.41) is 38.3. The largest absolute Gasteiger partial charge is 0.461 e. The van der Waals surface area contributed by atoms with E-state index in [-0.39, 0.29) is 11.3 Å². The van der Waals surface area contributed by atoms with Gasteiger partial charge in [0.05, 0.1) is 12.2 Å². The number of aliphatic hydroxyl groups excluding tert-OH is 4. The molecule has 0 bridgehead atoms. The first-order valence-electron chi connectivity index (χ1n) is 6.31. The maximum absolute atomic E-state index is 11.3. The van der Waals surface area contributed by atoms with Gasteiger partial charge in [-0.25, -0.2) is 0 Å². The van der Waals surface area contributed by atoms with Gasteiger partial charge in [0, 0.05) is 0 Å². The molecule has 1 aromatic carbocycles. The summed E-state index contributed by atoms with van der Waals surface area (Å²) >= 11 is 0. The van der Waals surface area contributed by atoms with Crippen molar-refractivity contribution in [2.75, 3.05) is 6.61 Å². The van der Waals surface area contributed by atoms with Crippen molar-refractivity contribution in [1.82, 2.24) is 0 Å². The normalized spacial score (nSPS) is 32.7. The van der Waals surface area contributed by atoms with E-state index in [9.17, 15) is 20.1 Å². The van der Waals surface area contributed by atoms with Gasteiger partial charge in [-0.2, -0.15) is 0 Å². The standard InChI is InChI=1S/C13H17NO7/c14-12(19)6-3-1-2-4-7(6)20-13-11(18)10(17)9(16)8(5-15)21-13/h1-4,8-11,13,15-18H,5H2,(H2,14,19)/t8-,9-,10+,11-,13-/m1/s1. The third-order valence-electron chi connectivity index (χ3n) is 3.24. The zero-order chi connectivity index (χ0) is 15.6. The molecule has 0 spiro atoms. The summed E-state index contributed by atoms with van der Waals surface area (Å²) in [6, 6.07) is 6.05. The van der Waals surface area contributed by atoms with Crippen LogP contribution >= 0.6 is 0 Å². The summed E-state index contributed by atoms with van der Waals surface area (Å²) in [5.74, 6) is -0.662. The Labute approximate surface area is 120 Å². The number of aliphatic hydroxyl groups is 4. The van der Waals surface area contributed by atoms with Crippen LogP contribution in [0.3, 0.4) is 0 Å². The molecule has 5 atom stereocenters. The van der Waals surface area contributed by atoms with Crippen LogP contribution in [0.2, 0.25) is 0 Å². The lowest BCUT2D eigenvalue weighted by molar-refractivity contribution is -0.277. The van der Waals surface area contributed by atoms with Gasteiger partial charge in [-0.1, -0.05) is 12.1 Å². The summed E-state index contributed by atoms with van der Waals surface area (Å²) < 4.78 is 10.5. The highest BCUT2D eigenvalue weighted by Crippen LogP contribution is 2.26. The van der Waals surface area contributed by atoms with Gasteiger partial charge < -0.3 is 35.6 Å². The smallest absolute Gasteiger partial charge is 0.252 e. The van der Waals surface area contributed by atoms with Crippen LogP contribution in [0.5, 0.6) is 5.75 Å². The van der Waals surface area contributed by atoms with E-state index < -0.39 is 43.2 Å². The Hall–Kier alpha value is -1.71. The third-order valence-corrected chi connectivity index (χ3v) is 3.24. The van der Waals surface area contributed by atoms with Gasteiger partial charge in [0.1, 0.15) is 30.2 Å². The minimum absolute atomic E-state index is 0.0642. The second kappa shape index (κ2) is 6.37. The Morgan fingerprint density at radius 3 is 2.48 bits per heavy atom. The van der Waals surface area contributed by atoms with Crippen LogP contribution in [0.1, 0.15) is 10.4 Å². The van der Waals surface area contributed by atoms with Gasteiger partial charge in [0.15, 0.2) is 0 Å². The highest BCUT2D eigenvalue weighted by atomic mass is 16.7. The molecule has 1 heterocycles. The third kappa shape index (κ3) is 3.14. The Kier molecular flexibility index (Phi) is 4.76. The summed E-state index contributed by atoms with van der Waals surface area (Å²) in [4.78, 5) is 11.3. The number of carbonyl (C=O) groups excluding carboxylic acids is 1. The number of carbonyl (C=O) groups is 1. The molecule has 6 N–H and O–H groups in total. The van der Waals surface area contributed by atoms with E-state index in [1.54, 1.807) is 12.1 Å². The van der Waals surface area contributed by atoms with Gasteiger partial charge >= 0.3 is 0 Å². The average molecular weight is 299 g/mol. The fourth-order valence-corrected chi connectivity index (χ4v) is 2.06. The fraction of sp³-hybridized carbons (Fsp3) is 0.462. The quantitative estimate of drug-likeness (QED) is 0.431. The molecule has 116 valence electrons. The van der Waals surface area contributed by atoms with Crippen LogP contribution in [0, 0.1) is 0 Å². The van der Waals surface area contributed by atoms with Gasteiger partial charge in [-0.3, -0.25) is 4.79 Å². The van der Waals surface area contributed by atoms with Crippen molar-refractivity contribution in [2.45, 2.75) is 30.7 Å². The molecule has 1 aliphatic rings. The van der Waals surface area contributed by atoms with Crippen molar-refractivity contribution in [3.63, 3.8) is 0 Å². The molecule has 1 fully saturated rings. The van der Waals surface area contributed by atoms with Crippen LogP contribution < -0.4 is 10.5 Å². The minimum Gasteiger partial charge on any atom is -0.461 e. The first-order valence-corrected chi connectivity index (χ1v) is 6.31. The zero-order valence-corrected chi connectivity index (χ0v) is 11.0. The van der Waals surface area contributed by atoms with Crippen LogP contribution in [0.15, 0.2) is 24.3 Å². The second-order valence-corrected chi connectivity index (χ2v) is 4.68. The van der Waals surface area contributed by atoms with Crippen LogP contribution in [-0.4, -0.2) is 63.6 Å². The van der Waals surface area contributed by atoms with Gasteiger partial charge in [-0.15, -0.1) is 0 Å². The molecule has 21 heavy (non-hydrogen) atoms. The zero-order valence-electron chi connectivity index (χ0n) is 11.0. The highest BCUT2D eigenvalue weighted by molar-refractivity contribution is 5.95. The predicted molar refractivity (Wildman–Crippen MR) is 69.4 cm³/mol. The molecule has 1 aliphatic heterocycles. The Morgan fingerprint density at radius 1 is 1.19 bits per heavy atom. The number of amides is 1. The van der Waals surface area contributed by atoms with E-state index >= 15 is 0 Å². The van der Waals surface area contributed by atoms with Crippen molar-refractivity contribution in [3.8, 4) is 5.75 Å². The van der Waals surface area contributed by atoms with E-state index in [0.717, 1.165) is 0 Å². The number of ether oxygens (including phenoxy) is 2. The van der Waals surface area contributed by atoms with E-state index in [4.69, 9.17) is 20.3 Å². The van der Waals surface area contributed by atoms with Crippen molar-refractivity contribution in [3.05, 3.63) is 29.8 Å². The second-order valence-electron chi connectivity index (χ2n) is 4.68. The monoisotopic (exact) mass is 299 g/mol. The van der Waals surface area contributed by atoms with Crippen molar-refractivity contribution >= 4 is 5.91 Å². The maximum Gasteiger partial charge on any atom is 0.252 e. The number of para-hydroxylation sites is 1. The first-order chi connectivity index (χ1) is 9.95. The van der Waals surface area contributed by atoms with Crippen LogP contribution in [0.4, 0.5) is 0 Å². The van der Waals surface area contributed by atoms with E-state index in [2.05, 4.69) is 0 Å². The number of rotatable bonds is 4. The predicted octanol–water partition coefficient (Wildman–Crippen LogP) is -2.04. The van der Waals surface area contributed by atoms with Crippen molar-refractivity contribution in [2.24, 2.45) is 5.73 Å². The lowest BCUT2D eigenvalue weighted by Crippen LogP contribution is -2.60. The van der Waals surface area contributed by atoms with E-state index in [1.807, 2.05) is 0 Å². The molecule has 1 amide bonds. The Bertz CT molecular complexity index is 507. The van der Waals surface area contributed by atoms with E-state index in [1.165, 1.54) is 12.1 Å². The molecule has 0 radical (unpaired) electrons. The molecule has 2 rings (SSSR count). The first kappa shape index (κ1) is 15.7. The van der Waals surface area contributed by atoms with Crippen molar-refractivity contribution < 1.29 is 34.7 Å². The summed E-state index contributed by atoms with van der Waals surface area (Å²) in [6.07, 6.45) is -7.03. The van der Waals surface area contributed by atoms with Crippen LogP contribution in [0.25, 0.3) is 0 Å². The molecule has 0 aliphatic carbocycles. The highest BCUT2D eigenvalue weighted by Gasteiger charge is 2.44. The summed E-state index contributed by atoms with van der Waals surface area (Å²) in [7, 11) is 0. The SMILES string of the molecule is NC(=O)c1ccccc1O[C@@H]1O[C@H](CO)[C@@H](O)[C@H](O)[C@H]1O. The summed E-state index contributed by atoms with van der Waals surface area (Å²) in [6.45, 7) is -0.567. The van der Waals surface area contributed by atoms with Crippen molar-refractivity contribution in [1.29, 1.82) is 0 Å². The molecule has 0 unspecified atom stereocenters. The van der Waals surface area contributed by atoms with Gasteiger partial charge in [0.2, 0.25) is 6.29 Å². The van der Waals surface area contributed by atoms with E-state index in [0.29, 0.717) is 0 Å². The van der Waals surface area contributed by atoms with Gasteiger partial charge in [0.25, 0.3) is 5.91 Å². The fourth-order valence-electron chi connectivity index (χ4n) is 2.06. The average Bonchev–Trinajstić information content (AvgIpc) is 2.48. The molecule has 8 heteroatoms. The van der Waals surface area contributed by atoms with Gasteiger partial charge in [-0.05, 0) is 12.1 Å². The Morgan fingerprint density at radius 2 is 1.86 bits per heavy atom. The number of hydrogen-bond acceptors (Lipinski definition) is 7. The lowest BCUT2D eigenvalue weighted by atomic mass is 9.99. The maximum atomic E-state index is 11.3. The number of nitrogens with two attached hydrogens (primary N) is 1. The molecule has 0 aromatic heterocycles. The minimum atomic E-state index is -1.55. The number of hydrogen-bond donors (Lipinski definition) is 5. The molecule has 8 nitrogen and oxygen atoms in total. The van der Waals surface area contributed by atoms with Crippen LogP contribution in [-0.2, 0) is 4.74 Å². The lowest BCUT2D eigenvalue weighted by Gasteiger charge is -2.39. The molecular weight excluding hydrogens is 282 g/mol. The Balaban J connectivity index is 2.20. The number of benzene rings is 1. The number of primary amides is 1. The molecule has 1 saturated heterocycles. The molecular formula is C13H17NO7.